The molecule has 2 unspecified atom stereocenters. The number of aliphatic hydroxyl groups is 1. The molecular weight excluding hydrogens is 184 g/mol. The highest BCUT2D eigenvalue weighted by atomic mass is 16.4. The second-order valence-electron chi connectivity index (χ2n) is 3.35. The Morgan fingerprint density at radius 3 is 2.50 bits per heavy atom. The number of nitrogens with two attached hydrogens (primary N) is 1. The predicted molar refractivity (Wildman–Crippen MR) is 53.9 cm³/mol. The number of allylic oxidation sites excluding steroid dienone is 1. The Bertz CT molecular complexity index is 212. The zero-order chi connectivity index (χ0) is 11.1. The van der Waals surface area contributed by atoms with Crippen LogP contribution in [0.2, 0.25) is 0 Å². The van der Waals surface area contributed by atoms with Crippen molar-refractivity contribution in [3.8, 4) is 0 Å². The highest BCUT2D eigenvalue weighted by molar-refractivity contribution is 5.72. The van der Waals surface area contributed by atoms with Crippen molar-refractivity contribution >= 4 is 5.97 Å². The molecule has 0 amide bonds. The Morgan fingerprint density at radius 2 is 2.14 bits per heavy atom. The monoisotopic (exact) mass is 202 g/mol. The van der Waals surface area contributed by atoms with Gasteiger partial charge >= 0.3 is 5.97 Å². The van der Waals surface area contributed by atoms with Crippen LogP contribution in [-0.2, 0) is 4.79 Å². The molecule has 5 heteroatoms. The minimum atomic E-state index is -1.38. The normalized spacial score (nSPS) is 14.6. The van der Waals surface area contributed by atoms with Gasteiger partial charge in [-0.1, -0.05) is 11.6 Å². The number of aliphatic hydroxyl groups excluding tert-OH is 1. The fourth-order valence-corrected chi connectivity index (χ4v) is 0.963. The van der Waals surface area contributed by atoms with Crippen molar-refractivity contribution in [2.45, 2.75) is 26.0 Å². The first kappa shape index (κ1) is 13.1. The van der Waals surface area contributed by atoms with Crippen LogP contribution in [0.15, 0.2) is 11.6 Å². The molecule has 0 saturated heterocycles. The lowest BCUT2D eigenvalue weighted by atomic mass is 10.2. The molecule has 0 aromatic rings. The number of hydrogen-bond acceptors (Lipinski definition) is 4. The molecule has 0 aromatic carbocycles. The van der Waals surface area contributed by atoms with Crippen LogP contribution in [0, 0.1) is 0 Å². The van der Waals surface area contributed by atoms with Gasteiger partial charge in [0, 0.05) is 19.1 Å². The SMILES string of the molecule is CC(C)=CC(CN)NCC(O)C(=O)O. The van der Waals surface area contributed by atoms with Crippen LogP contribution in [0.5, 0.6) is 0 Å². The Hall–Kier alpha value is -0.910. The van der Waals surface area contributed by atoms with Gasteiger partial charge in [0.2, 0.25) is 0 Å². The van der Waals surface area contributed by atoms with Crippen molar-refractivity contribution < 1.29 is 15.0 Å². The molecule has 0 heterocycles. The molecule has 0 aliphatic carbocycles. The third-order valence-corrected chi connectivity index (χ3v) is 1.65. The van der Waals surface area contributed by atoms with E-state index < -0.39 is 12.1 Å². The van der Waals surface area contributed by atoms with Gasteiger partial charge in [0.05, 0.1) is 0 Å². The summed E-state index contributed by atoms with van der Waals surface area (Å²) < 4.78 is 0. The van der Waals surface area contributed by atoms with Crippen molar-refractivity contribution in [3.63, 3.8) is 0 Å². The third-order valence-electron chi connectivity index (χ3n) is 1.65. The number of aliphatic carboxylic acids is 1. The first-order valence-corrected chi connectivity index (χ1v) is 4.46. The molecular formula is C9H18N2O3. The second kappa shape index (κ2) is 6.53. The predicted octanol–water partition coefficient (Wildman–Crippen LogP) is -0.685. The molecule has 5 nitrogen and oxygen atoms in total. The molecule has 0 radical (unpaired) electrons. The Labute approximate surface area is 83.6 Å². The van der Waals surface area contributed by atoms with E-state index in [1.165, 1.54) is 0 Å². The van der Waals surface area contributed by atoms with E-state index >= 15 is 0 Å². The van der Waals surface area contributed by atoms with E-state index in [4.69, 9.17) is 15.9 Å². The summed E-state index contributed by atoms with van der Waals surface area (Å²) in [5, 5.41) is 20.2. The first-order valence-electron chi connectivity index (χ1n) is 4.46. The number of nitrogens with one attached hydrogen (secondary N) is 1. The summed E-state index contributed by atoms with van der Waals surface area (Å²) in [6.07, 6.45) is 0.517. The van der Waals surface area contributed by atoms with E-state index in [2.05, 4.69) is 5.32 Å². The number of hydrogen-bond donors (Lipinski definition) is 4. The lowest BCUT2D eigenvalue weighted by Crippen LogP contribution is -2.41. The maximum atomic E-state index is 10.3. The lowest BCUT2D eigenvalue weighted by molar-refractivity contribution is -0.146. The average molecular weight is 202 g/mol. The molecule has 0 spiro atoms. The van der Waals surface area contributed by atoms with Gasteiger partial charge < -0.3 is 21.3 Å². The summed E-state index contributed by atoms with van der Waals surface area (Å²) in [5.41, 5.74) is 6.54. The van der Waals surface area contributed by atoms with Crippen LogP contribution < -0.4 is 11.1 Å². The molecule has 0 aliphatic rings. The minimum absolute atomic E-state index is 0.000972. The highest BCUT2D eigenvalue weighted by Gasteiger charge is 2.13. The van der Waals surface area contributed by atoms with Crippen molar-refractivity contribution in [1.82, 2.24) is 5.32 Å². The molecule has 0 bridgehead atoms. The summed E-state index contributed by atoms with van der Waals surface area (Å²) >= 11 is 0. The summed E-state index contributed by atoms with van der Waals surface area (Å²) in [5.74, 6) is -1.23. The van der Waals surface area contributed by atoms with Crippen LogP contribution >= 0.6 is 0 Å². The zero-order valence-electron chi connectivity index (χ0n) is 8.53. The second-order valence-corrected chi connectivity index (χ2v) is 3.35. The van der Waals surface area contributed by atoms with E-state index in [0.717, 1.165) is 5.57 Å². The average Bonchev–Trinajstić information content (AvgIpc) is 2.10. The van der Waals surface area contributed by atoms with E-state index in [9.17, 15) is 4.79 Å². The largest absolute Gasteiger partial charge is 0.479 e. The number of rotatable bonds is 6. The van der Waals surface area contributed by atoms with E-state index in [-0.39, 0.29) is 12.6 Å². The third kappa shape index (κ3) is 5.69. The van der Waals surface area contributed by atoms with Crippen molar-refractivity contribution in [2.75, 3.05) is 13.1 Å². The Morgan fingerprint density at radius 1 is 1.57 bits per heavy atom. The quantitative estimate of drug-likeness (QED) is 0.428. The van der Waals surface area contributed by atoms with Crippen LogP contribution in [0.4, 0.5) is 0 Å². The molecule has 0 rings (SSSR count). The van der Waals surface area contributed by atoms with Crippen molar-refractivity contribution in [1.29, 1.82) is 0 Å². The lowest BCUT2D eigenvalue weighted by Gasteiger charge is -2.14. The van der Waals surface area contributed by atoms with Crippen LogP contribution in [-0.4, -0.2) is 41.4 Å². The van der Waals surface area contributed by atoms with Crippen LogP contribution in [0.25, 0.3) is 0 Å². The number of carbonyl (C=O) groups is 1. The maximum absolute atomic E-state index is 10.3. The van der Waals surface area contributed by atoms with Gasteiger partial charge in [-0.25, -0.2) is 4.79 Å². The van der Waals surface area contributed by atoms with Gasteiger partial charge in [0.15, 0.2) is 6.10 Å². The van der Waals surface area contributed by atoms with Crippen LogP contribution in [0.3, 0.4) is 0 Å². The summed E-state index contributed by atoms with van der Waals surface area (Å²) in [6.45, 7) is 4.23. The molecule has 0 saturated carbocycles. The fourth-order valence-electron chi connectivity index (χ4n) is 0.963. The molecule has 0 aromatic heterocycles. The molecule has 5 N–H and O–H groups in total. The Balaban J connectivity index is 3.96. The van der Waals surface area contributed by atoms with Gasteiger partial charge in [-0.3, -0.25) is 0 Å². The highest BCUT2D eigenvalue weighted by Crippen LogP contribution is 1.93. The van der Waals surface area contributed by atoms with Crippen molar-refractivity contribution in [3.05, 3.63) is 11.6 Å². The molecule has 0 fully saturated rings. The fraction of sp³-hybridized carbons (Fsp3) is 0.667. The van der Waals surface area contributed by atoms with Gasteiger partial charge in [0.1, 0.15) is 0 Å². The van der Waals surface area contributed by atoms with Gasteiger partial charge in [-0.2, -0.15) is 0 Å². The van der Waals surface area contributed by atoms with Gasteiger partial charge in [-0.05, 0) is 13.8 Å². The van der Waals surface area contributed by atoms with Gasteiger partial charge in [0.25, 0.3) is 0 Å². The maximum Gasteiger partial charge on any atom is 0.333 e. The number of carboxylic acid groups (broad SMARTS) is 1. The van der Waals surface area contributed by atoms with Gasteiger partial charge in [-0.15, -0.1) is 0 Å². The molecule has 82 valence electrons. The van der Waals surface area contributed by atoms with E-state index in [1.807, 2.05) is 19.9 Å². The molecule has 14 heavy (non-hydrogen) atoms. The summed E-state index contributed by atoms with van der Waals surface area (Å²) in [4.78, 5) is 10.3. The molecule has 2 atom stereocenters. The summed E-state index contributed by atoms with van der Waals surface area (Å²) in [7, 11) is 0. The van der Waals surface area contributed by atoms with Crippen molar-refractivity contribution in [2.24, 2.45) is 5.73 Å². The van der Waals surface area contributed by atoms with E-state index in [0.29, 0.717) is 6.54 Å². The first-order chi connectivity index (χ1) is 6.47. The number of carboxylic acids is 1. The van der Waals surface area contributed by atoms with Crippen LogP contribution in [0.1, 0.15) is 13.8 Å². The minimum Gasteiger partial charge on any atom is -0.479 e. The van der Waals surface area contributed by atoms with E-state index in [1.54, 1.807) is 0 Å². The smallest absolute Gasteiger partial charge is 0.333 e. The molecule has 0 aliphatic heterocycles. The Kier molecular flexibility index (Phi) is 6.11. The zero-order valence-corrected chi connectivity index (χ0v) is 8.53. The summed E-state index contributed by atoms with van der Waals surface area (Å²) in [6, 6.07) is -0.0889. The topological polar surface area (TPSA) is 95.6 Å². The standard InChI is InChI=1S/C9H18N2O3/c1-6(2)3-7(4-10)11-5-8(12)9(13)14/h3,7-8,11-12H,4-5,10H2,1-2H3,(H,13,14).